The van der Waals surface area contributed by atoms with Crippen LogP contribution < -0.4 is 0 Å². The van der Waals surface area contributed by atoms with Crippen molar-refractivity contribution >= 4 is 5.97 Å². The fourth-order valence-corrected chi connectivity index (χ4v) is 3.71. The van der Waals surface area contributed by atoms with E-state index in [1.807, 2.05) is 0 Å². The summed E-state index contributed by atoms with van der Waals surface area (Å²) in [6.07, 6.45) is -6.84. The summed E-state index contributed by atoms with van der Waals surface area (Å²) in [4.78, 5) is 13.1. The molecule has 0 heterocycles. The maximum absolute atomic E-state index is 14.3. The predicted octanol–water partition coefficient (Wildman–Crippen LogP) is 4.31. The summed E-state index contributed by atoms with van der Waals surface area (Å²) in [6.45, 7) is 0. The Morgan fingerprint density at radius 1 is 0.857 bits per heavy atom. The van der Waals surface area contributed by atoms with Crippen LogP contribution in [0.1, 0.15) is 16.7 Å². The van der Waals surface area contributed by atoms with Crippen LogP contribution in [-0.4, -0.2) is 45.8 Å². The number of rotatable bonds is 8. The fourth-order valence-electron chi connectivity index (χ4n) is 3.71. The summed E-state index contributed by atoms with van der Waals surface area (Å²) in [5, 5.41) is 39.0. The van der Waals surface area contributed by atoms with Crippen LogP contribution in [0.15, 0.2) is 66.7 Å². The monoisotopic (exact) mass is 492 g/mol. The standard InChI is InChI=1S/C25H23F3O7/c1-34-24(25(26,27)28,17-5-3-2-4-6-17)23(33)35-19(11-15-7-10-20(30)22(32)12-15)13-16-8-9-18(29)14-21(16)31/h2-10,12,14,19,29-32H,11,13H2,1H3/t19-,24+/m1/s1. The molecule has 35 heavy (non-hydrogen) atoms. The van der Waals surface area contributed by atoms with Crippen LogP contribution in [0.5, 0.6) is 23.0 Å². The smallest absolute Gasteiger partial charge is 0.432 e. The second-order valence-corrected chi connectivity index (χ2v) is 7.82. The molecule has 10 heteroatoms. The first-order valence-electron chi connectivity index (χ1n) is 10.4. The molecule has 7 nitrogen and oxygen atoms in total. The molecule has 0 radical (unpaired) electrons. The van der Waals surface area contributed by atoms with Gasteiger partial charge >= 0.3 is 12.1 Å². The van der Waals surface area contributed by atoms with Gasteiger partial charge in [-0.2, -0.15) is 13.2 Å². The van der Waals surface area contributed by atoms with Gasteiger partial charge in [0.05, 0.1) is 0 Å². The largest absolute Gasteiger partial charge is 0.508 e. The van der Waals surface area contributed by atoms with E-state index in [0.717, 1.165) is 25.3 Å². The molecule has 0 spiro atoms. The number of hydrogen-bond acceptors (Lipinski definition) is 7. The lowest BCUT2D eigenvalue weighted by molar-refractivity contribution is -0.278. The van der Waals surface area contributed by atoms with E-state index in [2.05, 4.69) is 0 Å². The second-order valence-electron chi connectivity index (χ2n) is 7.82. The van der Waals surface area contributed by atoms with Crippen molar-refractivity contribution in [2.45, 2.75) is 30.7 Å². The molecule has 3 aromatic rings. The first kappa shape index (κ1) is 25.7. The lowest BCUT2D eigenvalue weighted by atomic mass is 9.92. The minimum absolute atomic E-state index is 0.174. The third kappa shape index (κ3) is 5.43. The van der Waals surface area contributed by atoms with Crippen LogP contribution in [0.4, 0.5) is 13.2 Å². The molecular weight excluding hydrogens is 469 g/mol. The zero-order valence-corrected chi connectivity index (χ0v) is 18.5. The van der Waals surface area contributed by atoms with E-state index < -0.39 is 40.9 Å². The Hall–Kier alpha value is -3.92. The Labute approximate surface area is 198 Å². The Bertz CT molecular complexity index is 1180. The van der Waals surface area contributed by atoms with Gasteiger partial charge in [-0.05, 0) is 29.3 Å². The van der Waals surface area contributed by atoms with E-state index in [1.54, 1.807) is 0 Å². The zero-order chi connectivity index (χ0) is 25.8. The number of halogens is 3. The Kier molecular flexibility index (Phi) is 7.45. The highest BCUT2D eigenvalue weighted by molar-refractivity contribution is 5.83. The predicted molar refractivity (Wildman–Crippen MR) is 118 cm³/mol. The van der Waals surface area contributed by atoms with Gasteiger partial charge in [0.1, 0.15) is 17.6 Å². The number of carbonyl (C=O) groups is 1. The molecule has 0 amide bonds. The van der Waals surface area contributed by atoms with E-state index in [0.29, 0.717) is 5.56 Å². The lowest BCUT2D eigenvalue weighted by Gasteiger charge is -2.34. The summed E-state index contributed by atoms with van der Waals surface area (Å²) in [5.41, 5.74) is -3.36. The number of hydrogen-bond donors (Lipinski definition) is 4. The Balaban J connectivity index is 2.00. The van der Waals surface area contributed by atoms with Crippen molar-refractivity contribution in [3.8, 4) is 23.0 Å². The van der Waals surface area contributed by atoms with E-state index in [9.17, 15) is 38.4 Å². The molecule has 0 aromatic heterocycles. The summed E-state index contributed by atoms with van der Waals surface area (Å²) in [6, 6.07) is 13.7. The normalized spacial score (nSPS) is 14.2. The SMILES string of the molecule is CO[C@](C(=O)O[C@H](Cc1ccc(O)c(O)c1)Cc1ccc(O)cc1O)(c1ccccc1)C(F)(F)F. The van der Waals surface area contributed by atoms with Crippen molar-refractivity contribution < 1.29 is 47.9 Å². The Morgan fingerprint density at radius 3 is 2.11 bits per heavy atom. The maximum Gasteiger partial charge on any atom is 0.432 e. The van der Waals surface area contributed by atoms with Gasteiger partial charge in [0.25, 0.3) is 5.60 Å². The molecule has 3 aromatic carbocycles. The molecule has 0 bridgehead atoms. The first-order chi connectivity index (χ1) is 16.5. The number of carbonyl (C=O) groups excluding carboxylic acids is 1. The van der Waals surface area contributed by atoms with Crippen molar-refractivity contribution in [3.63, 3.8) is 0 Å². The number of aromatic hydroxyl groups is 4. The molecule has 0 fully saturated rings. The molecule has 3 rings (SSSR count). The topological polar surface area (TPSA) is 116 Å². The van der Waals surface area contributed by atoms with Crippen LogP contribution in [0.25, 0.3) is 0 Å². The van der Waals surface area contributed by atoms with Gasteiger partial charge in [-0.25, -0.2) is 4.79 Å². The van der Waals surface area contributed by atoms with Gasteiger partial charge in [0, 0.05) is 31.6 Å². The number of methoxy groups -OCH3 is 1. The third-order valence-corrected chi connectivity index (χ3v) is 5.47. The molecule has 0 aliphatic rings. The highest BCUT2D eigenvalue weighted by atomic mass is 19.4. The van der Waals surface area contributed by atoms with Crippen LogP contribution in [0, 0.1) is 0 Å². The molecule has 186 valence electrons. The van der Waals surface area contributed by atoms with E-state index in [1.165, 1.54) is 48.5 Å². The van der Waals surface area contributed by atoms with Gasteiger partial charge in [0.15, 0.2) is 11.5 Å². The van der Waals surface area contributed by atoms with E-state index in [4.69, 9.17) is 9.47 Å². The fraction of sp³-hybridized carbons (Fsp3) is 0.240. The van der Waals surface area contributed by atoms with Crippen molar-refractivity contribution in [1.82, 2.24) is 0 Å². The Morgan fingerprint density at radius 2 is 1.54 bits per heavy atom. The van der Waals surface area contributed by atoms with Crippen LogP contribution in [-0.2, 0) is 32.7 Å². The lowest BCUT2D eigenvalue weighted by Crippen LogP contribution is -2.52. The molecule has 0 saturated heterocycles. The average Bonchev–Trinajstić information content (AvgIpc) is 2.79. The average molecular weight is 492 g/mol. The maximum atomic E-state index is 14.3. The summed E-state index contributed by atoms with van der Waals surface area (Å²) in [7, 11) is 0.751. The highest BCUT2D eigenvalue weighted by Gasteiger charge is 2.64. The molecule has 0 aliphatic carbocycles. The van der Waals surface area contributed by atoms with Crippen molar-refractivity contribution in [3.05, 3.63) is 83.4 Å². The highest BCUT2D eigenvalue weighted by Crippen LogP contribution is 2.43. The van der Waals surface area contributed by atoms with Crippen molar-refractivity contribution in [1.29, 1.82) is 0 Å². The van der Waals surface area contributed by atoms with Crippen molar-refractivity contribution in [2.75, 3.05) is 7.11 Å². The van der Waals surface area contributed by atoms with Crippen molar-refractivity contribution in [2.24, 2.45) is 0 Å². The number of ether oxygens (including phenoxy) is 2. The third-order valence-electron chi connectivity index (χ3n) is 5.47. The van der Waals surface area contributed by atoms with Crippen LogP contribution >= 0.6 is 0 Å². The molecular formula is C25H23F3O7. The molecule has 4 N–H and O–H groups in total. The molecule has 0 aliphatic heterocycles. The van der Waals surface area contributed by atoms with E-state index in [-0.39, 0.29) is 29.9 Å². The quantitative estimate of drug-likeness (QED) is 0.274. The van der Waals surface area contributed by atoms with Crippen LogP contribution in [0.3, 0.4) is 0 Å². The number of phenols is 4. The number of benzene rings is 3. The molecule has 0 unspecified atom stereocenters. The summed E-state index contributed by atoms with van der Waals surface area (Å²) < 4.78 is 52.9. The zero-order valence-electron chi connectivity index (χ0n) is 18.5. The number of alkyl halides is 3. The van der Waals surface area contributed by atoms with Gasteiger partial charge in [-0.3, -0.25) is 0 Å². The van der Waals surface area contributed by atoms with Gasteiger partial charge in [0.2, 0.25) is 0 Å². The van der Waals surface area contributed by atoms with Gasteiger partial charge in [-0.15, -0.1) is 0 Å². The summed E-state index contributed by atoms with van der Waals surface area (Å²) >= 11 is 0. The van der Waals surface area contributed by atoms with Gasteiger partial charge in [-0.1, -0.05) is 42.5 Å². The molecule has 2 atom stereocenters. The van der Waals surface area contributed by atoms with Crippen LogP contribution in [0.2, 0.25) is 0 Å². The number of phenolic OH excluding ortho intramolecular Hbond substituents is 4. The summed E-state index contributed by atoms with van der Waals surface area (Å²) in [5.74, 6) is -3.17. The second kappa shape index (κ2) is 10.1. The minimum atomic E-state index is -5.18. The molecule has 0 saturated carbocycles. The minimum Gasteiger partial charge on any atom is -0.508 e. The first-order valence-corrected chi connectivity index (χ1v) is 10.4. The van der Waals surface area contributed by atoms with Gasteiger partial charge < -0.3 is 29.9 Å². The number of esters is 1. The van der Waals surface area contributed by atoms with E-state index >= 15 is 0 Å².